The van der Waals surface area contributed by atoms with Crippen LogP contribution in [-0.4, -0.2) is 35.0 Å². The molecule has 0 bridgehead atoms. The number of carbonyl (C=O) groups is 2. The lowest BCUT2D eigenvalue weighted by Gasteiger charge is -2.23. The van der Waals surface area contributed by atoms with Gasteiger partial charge in [0.25, 0.3) is 5.78 Å². The number of aliphatic hydroxyl groups is 1. The first-order chi connectivity index (χ1) is 17.8. The summed E-state index contributed by atoms with van der Waals surface area (Å²) < 4.78 is 11.8. The Balaban J connectivity index is 1.53. The van der Waals surface area contributed by atoms with Crippen molar-refractivity contribution in [2.75, 3.05) is 12.0 Å². The van der Waals surface area contributed by atoms with E-state index in [4.69, 9.17) is 21.1 Å². The Kier molecular flexibility index (Phi) is 5.66. The number of ether oxygens (including phenoxy) is 2. The Morgan fingerprint density at radius 1 is 1.14 bits per heavy atom. The summed E-state index contributed by atoms with van der Waals surface area (Å²) >= 11 is 7.42. The summed E-state index contributed by atoms with van der Waals surface area (Å²) in [5, 5.41) is 12.3. The number of nitrogens with zero attached hydrogens (tertiary/aromatic N) is 2. The fourth-order valence-electron chi connectivity index (χ4n) is 4.85. The van der Waals surface area contributed by atoms with E-state index in [-0.39, 0.29) is 17.4 Å². The average molecular weight is 533 g/mol. The van der Waals surface area contributed by atoms with Crippen LogP contribution in [0.4, 0.5) is 5.13 Å². The number of fused-ring (bicyclic) bond motifs is 2. The monoisotopic (exact) mass is 532 g/mol. The van der Waals surface area contributed by atoms with Crippen LogP contribution in [0.15, 0.2) is 66.2 Å². The summed E-state index contributed by atoms with van der Waals surface area (Å²) in [5.74, 6) is -0.396. The quantitative estimate of drug-likeness (QED) is 0.200. The van der Waals surface area contributed by atoms with Crippen molar-refractivity contribution in [3.8, 4) is 11.5 Å². The predicted molar refractivity (Wildman–Crippen MR) is 143 cm³/mol. The molecule has 7 nitrogen and oxygen atoms in total. The van der Waals surface area contributed by atoms with Crippen LogP contribution in [0.1, 0.15) is 29.7 Å². The average Bonchev–Trinajstić information content (AvgIpc) is 3.55. The van der Waals surface area contributed by atoms with Crippen molar-refractivity contribution >= 4 is 55.7 Å². The van der Waals surface area contributed by atoms with Gasteiger partial charge in [0, 0.05) is 17.0 Å². The Morgan fingerprint density at radius 2 is 1.92 bits per heavy atom. The van der Waals surface area contributed by atoms with E-state index in [1.807, 2.05) is 13.0 Å². The number of benzene rings is 3. The van der Waals surface area contributed by atoms with E-state index in [0.717, 1.165) is 16.0 Å². The third-order valence-corrected chi connectivity index (χ3v) is 7.84. The van der Waals surface area contributed by atoms with Crippen molar-refractivity contribution in [1.29, 1.82) is 0 Å². The van der Waals surface area contributed by atoms with Gasteiger partial charge in [-0.3, -0.25) is 14.5 Å². The molecule has 9 heteroatoms. The highest BCUT2D eigenvalue weighted by atomic mass is 35.5. The van der Waals surface area contributed by atoms with Crippen LogP contribution in [0.25, 0.3) is 16.0 Å². The number of aromatic nitrogens is 1. The van der Waals surface area contributed by atoms with Gasteiger partial charge in [-0.25, -0.2) is 4.98 Å². The van der Waals surface area contributed by atoms with Crippen molar-refractivity contribution in [2.24, 2.45) is 0 Å². The van der Waals surface area contributed by atoms with E-state index in [0.29, 0.717) is 39.0 Å². The molecular formula is C28H21ClN2O5S. The molecule has 3 heterocycles. The Hall–Kier alpha value is -3.88. The maximum Gasteiger partial charge on any atom is 0.301 e. The molecule has 0 spiro atoms. The number of Topliss-reactive ketones (excluding diaryl/α,β-unsaturated/α-hetero) is 1. The van der Waals surface area contributed by atoms with Crippen LogP contribution in [-0.2, 0) is 16.0 Å². The van der Waals surface area contributed by atoms with Crippen molar-refractivity contribution < 1.29 is 24.2 Å². The molecule has 2 aliphatic rings. The zero-order chi connectivity index (χ0) is 25.8. The summed E-state index contributed by atoms with van der Waals surface area (Å²) in [7, 11) is 1.56. The second kappa shape index (κ2) is 8.90. The molecule has 1 saturated heterocycles. The third-order valence-electron chi connectivity index (χ3n) is 6.59. The normalized spacial score (nSPS) is 20.4. The van der Waals surface area contributed by atoms with Crippen molar-refractivity contribution in [1.82, 2.24) is 4.98 Å². The van der Waals surface area contributed by atoms with Crippen LogP contribution in [0.3, 0.4) is 0 Å². The second-order valence-corrected chi connectivity index (χ2v) is 10.5. The first kappa shape index (κ1) is 23.5. The second-order valence-electron chi connectivity index (χ2n) is 9.01. The maximum absolute atomic E-state index is 13.5. The number of ketones is 1. The van der Waals surface area contributed by atoms with E-state index >= 15 is 0 Å². The molecule has 37 heavy (non-hydrogen) atoms. The van der Waals surface area contributed by atoms with E-state index in [9.17, 15) is 14.7 Å². The molecule has 1 fully saturated rings. The van der Waals surface area contributed by atoms with Gasteiger partial charge in [-0.2, -0.15) is 0 Å². The summed E-state index contributed by atoms with van der Waals surface area (Å²) in [4.78, 5) is 32.9. The lowest BCUT2D eigenvalue weighted by molar-refractivity contribution is -0.132. The molecule has 0 unspecified atom stereocenters. The molecule has 0 aliphatic carbocycles. The minimum absolute atomic E-state index is 0.000584. The molecule has 2 aliphatic heterocycles. The number of carbonyl (C=O) groups excluding carboxylic acids is 2. The zero-order valence-corrected chi connectivity index (χ0v) is 21.5. The SMILES string of the molecule is COc1ccc([C@H]2C(=C(O)c3ccc4c(c3)C[C@H](C)O4)C(=O)C(=O)N2c2nc3ccc(Cl)cc3s2)cc1. The van der Waals surface area contributed by atoms with Gasteiger partial charge in [-0.1, -0.05) is 35.1 Å². The van der Waals surface area contributed by atoms with E-state index in [1.54, 1.807) is 61.7 Å². The highest BCUT2D eigenvalue weighted by Crippen LogP contribution is 2.45. The minimum Gasteiger partial charge on any atom is -0.507 e. The first-order valence-corrected chi connectivity index (χ1v) is 12.8. The number of aliphatic hydroxyl groups excluding tert-OH is 1. The molecular weight excluding hydrogens is 512 g/mol. The molecule has 0 saturated carbocycles. The van der Waals surface area contributed by atoms with E-state index < -0.39 is 17.7 Å². The van der Waals surface area contributed by atoms with Crippen LogP contribution in [0, 0.1) is 0 Å². The minimum atomic E-state index is -0.884. The molecule has 2 atom stereocenters. The van der Waals surface area contributed by atoms with Gasteiger partial charge in [0.15, 0.2) is 5.13 Å². The summed E-state index contributed by atoms with van der Waals surface area (Å²) in [6.07, 6.45) is 0.728. The van der Waals surface area contributed by atoms with Crippen LogP contribution < -0.4 is 14.4 Å². The van der Waals surface area contributed by atoms with Gasteiger partial charge in [0.1, 0.15) is 23.4 Å². The number of hydrogen-bond donors (Lipinski definition) is 1. The number of rotatable bonds is 4. The lowest BCUT2D eigenvalue weighted by atomic mass is 9.94. The number of methoxy groups -OCH3 is 1. The van der Waals surface area contributed by atoms with Gasteiger partial charge in [-0.15, -0.1) is 0 Å². The van der Waals surface area contributed by atoms with Crippen molar-refractivity contribution in [3.63, 3.8) is 0 Å². The Morgan fingerprint density at radius 3 is 2.68 bits per heavy atom. The number of anilines is 1. The van der Waals surface area contributed by atoms with Crippen molar-refractivity contribution in [3.05, 3.63) is 87.9 Å². The predicted octanol–water partition coefficient (Wildman–Crippen LogP) is 5.91. The number of amides is 1. The van der Waals surface area contributed by atoms with Gasteiger partial charge >= 0.3 is 5.91 Å². The maximum atomic E-state index is 13.5. The van der Waals surface area contributed by atoms with Gasteiger partial charge in [0.05, 0.1) is 28.9 Å². The lowest BCUT2D eigenvalue weighted by Crippen LogP contribution is -2.29. The summed E-state index contributed by atoms with van der Waals surface area (Å²) in [5.41, 5.74) is 2.68. The topological polar surface area (TPSA) is 89.0 Å². The highest BCUT2D eigenvalue weighted by molar-refractivity contribution is 7.22. The molecule has 1 amide bonds. The van der Waals surface area contributed by atoms with Gasteiger partial charge in [-0.05, 0) is 66.6 Å². The molecule has 3 aromatic carbocycles. The standard InChI is InChI=1S/C28H21ClN2O5S/c1-14-11-17-12-16(5-10-21(17)36-14)25(32)23-24(15-3-7-19(35-2)8-4-15)31(27(34)26(23)33)28-30-20-9-6-18(29)13-22(20)37-28/h3-10,12-14,24,32H,11H2,1-2H3/t14-,24-/m0/s1. The van der Waals surface area contributed by atoms with Gasteiger partial charge in [0.2, 0.25) is 0 Å². The third kappa shape index (κ3) is 3.93. The van der Waals surface area contributed by atoms with Crippen LogP contribution in [0.2, 0.25) is 5.02 Å². The fraction of sp³-hybridized carbons (Fsp3) is 0.179. The Bertz CT molecular complexity index is 1610. The molecule has 6 rings (SSSR count). The van der Waals surface area contributed by atoms with Crippen LogP contribution >= 0.6 is 22.9 Å². The fourth-order valence-corrected chi connectivity index (χ4v) is 6.11. The molecule has 0 radical (unpaired) electrons. The number of hydrogen-bond acceptors (Lipinski definition) is 7. The Labute approximate surface area is 221 Å². The molecule has 4 aromatic rings. The van der Waals surface area contributed by atoms with Crippen molar-refractivity contribution in [2.45, 2.75) is 25.5 Å². The molecule has 1 aromatic heterocycles. The summed E-state index contributed by atoms with van der Waals surface area (Å²) in [6, 6.07) is 16.7. The van der Waals surface area contributed by atoms with E-state index in [1.165, 1.54) is 16.2 Å². The smallest absolute Gasteiger partial charge is 0.301 e. The summed E-state index contributed by atoms with van der Waals surface area (Å²) in [6.45, 7) is 1.97. The molecule has 1 N–H and O–H groups in total. The largest absolute Gasteiger partial charge is 0.507 e. The first-order valence-electron chi connectivity index (χ1n) is 11.6. The van der Waals surface area contributed by atoms with E-state index in [2.05, 4.69) is 4.98 Å². The number of halogens is 1. The van der Waals surface area contributed by atoms with Gasteiger partial charge < -0.3 is 14.6 Å². The highest BCUT2D eigenvalue weighted by Gasteiger charge is 2.48. The number of thiazole rings is 1. The zero-order valence-electron chi connectivity index (χ0n) is 19.9. The van der Waals surface area contributed by atoms with Crippen LogP contribution in [0.5, 0.6) is 11.5 Å². The molecule has 186 valence electrons.